The Morgan fingerprint density at radius 2 is 2.24 bits per heavy atom. The van der Waals surface area contributed by atoms with Gasteiger partial charge < -0.3 is 4.98 Å². The highest BCUT2D eigenvalue weighted by molar-refractivity contribution is 5.97. The number of pyridine rings is 1. The lowest BCUT2D eigenvalue weighted by molar-refractivity contribution is 0.0753. The highest BCUT2D eigenvalue weighted by atomic mass is 16.1. The minimum absolute atomic E-state index is 0.120. The molecule has 0 spiro atoms. The molecule has 0 radical (unpaired) electrons. The summed E-state index contributed by atoms with van der Waals surface area (Å²) in [6.45, 7) is 4.49. The van der Waals surface area contributed by atoms with Gasteiger partial charge in [-0.25, -0.2) is 9.97 Å². The fraction of sp³-hybridized carbons (Fsp3) is 0.588. The summed E-state index contributed by atoms with van der Waals surface area (Å²) in [7, 11) is 0. The smallest absolute Gasteiger partial charge is 0.201 e. The van der Waals surface area contributed by atoms with Crippen LogP contribution in [0, 0.1) is 17.8 Å². The number of carbonyl (C=O) groups is 1. The van der Waals surface area contributed by atoms with Gasteiger partial charge in [-0.15, -0.1) is 0 Å². The molecule has 0 saturated heterocycles. The van der Waals surface area contributed by atoms with Gasteiger partial charge in [-0.05, 0) is 36.8 Å². The number of aromatic amines is 1. The number of fused-ring (bicyclic) bond motifs is 1. The first-order valence-corrected chi connectivity index (χ1v) is 8.05. The van der Waals surface area contributed by atoms with Crippen LogP contribution in [0.1, 0.15) is 56.6 Å². The van der Waals surface area contributed by atoms with Crippen LogP contribution in [0.4, 0.5) is 0 Å². The molecule has 2 heterocycles. The van der Waals surface area contributed by atoms with Crippen molar-refractivity contribution >= 4 is 16.9 Å². The van der Waals surface area contributed by atoms with Crippen molar-refractivity contribution < 1.29 is 4.79 Å². The number of nitrogens with zero attached hydrogens (tertiary/aromatic N) is 2. The maximum Gasteiger partial charge on any atom is 0.201 e. The van der Waals surface area contributed by atoms with E-state index in [-0.39, 0.29) is 11.7 Å². The molecular weight excluding hydrogens is 262 g/mol. The van der Waals surface area contributed by atoms with Gasteiger partial charge in [0.2, 0.25) is 5.78 Å². The highest BCUT2D eigenvalue weighted by Gasteiger charge is 2.35. The Hall–Kier alpha value is -1.71. The van der Waals surface area contributed by atoms with Crippen LogP contribution in [-0.2, 0) is 0 Å². The fourth-order valence-corrected chi connectivity index (χ4v) is 3.61. The first-order chi connectivity index (χ1) is 10.2. The first kappa shape index (κ1) is 14.2. The quantitative estimate of drug-likeness (QED) is 0.864. The summed E-state index contributed by atoms with van der Waals surface area (Å²) >= 11 is 0. The predicted octanol–water partition coefficient (Wildman–Crippen LogP) is 3.99. The molecule has 2 aromatic rings. The molecule has 21 heavy (non-hydrogen) atoms. The molecule has 3 atom stereocenters. The van der Waals surface area contributed by atoms with Gasteiger partial charge >= 0.3 is 0 Å². The van der Waals surface area contributed by atoms with E-state index in [4.69, 9.17) is 0 Å². The van der Waals surface area contributed by atoms with Crippen molar-refractivity contribution in [1.82, 2.24) is 15.0 Å². The molecule has 1 N–H and O–H groups in total. The van der Waals surface area contributed by atoms with Gasteiger partial charge in [0, 0.05) is 12.1 Å². The number of hydrogen-bond donors (Lipinski definition) is 1. The molecule has 1 aliphatic rings. The van der Waals surface area contributed by atoms with Crippen LogP contribution in [0.15, 0.2) is 18.3 Å². The summed E-state index contributed by atoms with van der Waals surface area (Å²) in [5.74, 6) is 1.88. The molecule has 3 unspecified atom stereocenters. The van der Waals surface area contributed by atoms with Crippen molar-refractivity contribution in [1.29, 1.82) is 0 Å². The summed E-state index contributed by atoms with van der Waals surface area (Å²) in [5.41, 5.74) is 1.48. The summed E-state index contributed by atoms with van der Waals surface area (Å²) in [6.07, 6.45) is 7.43. The number of ketones is 1. The van der Waals surface area contributed by atoms with Crippen molar-refractivity contribution in [3.05, 3.63) is 24.2 Å². The van der Waals surface area contributed by atoms with E-state index in [1.807, 2.05) is 12.1 Å². The Labute approximate surface area is 125 Å². The Bertz CT molecular complexity index is 601. The second-order valence-corrected chi connectivity index (χ2v) is 6.26. The molecular formula is C17H23N3O. The van der Waals surface area contributed by atoms with Gasteiger partial charge in [-0.2, -0.15) is 0 Å². The second-order valence-electron chi connectivity index (χ2n) is 6.26. The zero-order chi connectivity index (χ0) is 14.8. The molecule has 0 amide bonds. The maximum atomic E-state index is 12.9. The third-order valence-electron chi connectivity index (χ3n) is 5.02. The van der Waals surface area contributed by atoms with Crippen LogP contribution in [-0.4, -0.2) is 20.7 Å². The van der Waals surface area contributed by atoms with Gasteiger partial charge in [0.15, 0.2) is 11.5 Å². The van der Waals surface area contributed by atoms with Gasteiger partial charge in [-0.1, -0.05) is 33.1 Å². The standard InChI is InChI=1S/C17H23N3O/c1-3-11(2)12-7-4-5-8-13(12)15(21)17-19-14-9-6-10-18-16(14)20-17/h6,9-13H,3-5,7-8H2,1-2H3,(H,18,19,20). The van der Waals surface area contributed by atoms with E-state index in [2.05, 4.69) is 28.8 Å². The van der Waals surface area contributed by atoms with Crippen LogP contribution in [0.3, 0.4) is 0 Å². The first-order valence-electron chi connectivity index (χ1n) is 8.05. The third-order valence-corrected chi connectivity index (χ3v) is 5.02. The average Bonchev–Trinajstić information content (AvgIpc) is 2.97. The lowest BCUT2D eigenvalue weighted by Gasteiger charge is -2.34. The van der Waals surface area contributed by atoms with E-state index in [0.29, 0.717) is 23.3 Å². The average molecular weight is 285 g/mol. The number of hydrogen-bond acceptors (Lipinski definition) is 3. The molecule has 2 aromatic heterocycles. The zero-order valence-corrected chi connectivity index (χ0v) is 12.8. The normalized spacial score (nSPS) is 24.1. The van der Waals surface area contributed by atoms with Crippen LogP contribution in [0.2, 0.25) is 0 Å². The molecule has 4 heteroatoms. The van der Waals surface area contributed by atoms with E-state index < -0.39 is 0 Å². The minimum atomic E-state index is 0.120. The van der Waals surface area contributed by atoms with Crippen LogP contribution in [0.25, 0.3) is 11.2 Å². The minimum Gasteiger partial charge on any atom is -0.320 e. The Morgan fingerprint density at radius 3 is 3.00 bits per heavy atom. The predicted molar refractivity (Wildman–Crippen MR) is 83.1 cm³/mol. The number of aromatic nitrogens is 3. The molecule has 1 fully saturated rings. The van der Waals surface area contributed by atoms with Gasteiger partial charge in [0.25, 0.3) is 0 Å². The Morgan fingerprint density at radius 1 is 1.43 bits per heavy atom. The number of rotatable bonds is 4. The molecule has 0 aromatic carbocycles. The SMILES string of the molecule is CCC(C)C1CCCCC1C(=O)c1nc2cccnc2[nH]1. The zero-order valence-electron chi connectivity index (χ0n) is 12.8. The number of imidazole rings is 1. The van der Waals surface area contributed by atoms with Crippen molar-refractivity contribution in [2.75, 3.05) is 0 Å². The topological polar surface area (TPSA) is 58.6 Å². The van der Waals surface area contributed by atoms with E-state index in [9.17, 15) is 4.79 Å². The monoisotopic (exact) mass is 285 g/mol. The summed E-state index contributed by atoms with van der Waals surface area (Å²) < 4.78 is 0. The van der Waals surface area contributed by atoms with Gasteiger partial charge in [0.1, 0.15) is 5.52 Å². The van der Waals surface area contributed by atoms with E-state index in [0.717, 1.165) is 24.8 Å². The molecule has 0 aliphatic heterocycles. The molecule has 4 nitrogen and oxygen atoms in total. The third kappa shape index (κ3) is 2.71. The Kier molecular flexibility index (Phi) is 4.04. The van der Waals surface area contributed by atoms with Crippen molar-refractivity contribution in [2.24, 2.45) is 17.8 Å². The highest BCUT2D eigenvalue weighted by Crippen LogP contribution is 2.38. The Balaban J connectivity index is 1.88. The molecule has 3 rings (SSSR count). The van der Waals surface area contributed by atoms with Crippen molar-refractivity contribution in [3.63, 3.8) is 0 Å². The lowest BCUT2D eigenvalue weighted by Crippen LogP contribution is -2.32. The second kappa shape index (κ2) is 5.96. The molecule has 0 bridgehead atoms. The van der Waals surface area contributed by atoms with Gasteiger partial charge in [-0.3, -0.25) is 4.79 Å². The molecule has 112 valence electrons. The lowest BCUT2D eigenvalue weighted by atomic mass is 9.70. The van der Waals surface area contributed by atoms with E-state index in [1.165, 1.54) is 12.8 Å². The van der Waals surface area contributed by atoms with Crippen LogP contribution < -0.4 is 0 Å². The maximum absolute atomic E-state index is 12.9. The van der Waals surface area contributed by atoms with Crippen LogP contribution in [0.5, 0.6) is 0 Å². The summed E-state index contributed by atoms with van der Waals surface area (Å²) in [5, 5.41) is 0. The van der Waals surface area contributed by atoms with Crippen molar-refractivity contribution in [3.8, 4) is 0 Å². The summed E-state index contributed by atoms with van der Waals surface area (Å²) in [6, 6.07) is 3.74. The molecule has 1 saturated carbocycles. The van der Waals surface area contributed by atoms with Gasteiger partial charge in [0.05, 0.1) is 0 Å². The van der Waals surface area contributed by atoms with Crippen LogP contribution >= 0.6 is 0 Å². The summed E-state index contributed by atoms with van der Waals surface area (Å²) in [4.78, 5) is 24.6. The number of H-pyrrole nitrogens is 1. The fourth-order valence-electron chi connectivity index (χ4n) is 3.61. The largest absolute Gasteiger partial charge is 0.320 e. The molecule has 1 aliphatic carbocycles. The van der Waals surface area contributed by atoms with E-state index >= 15 is 0 Å². The number of nitrogens with one attached hydrogen (secondary N) is 1. The number of carbonyl (C=O) groups excluding carboxylic acids is 1. The van der Waals surface area contributed by atoms with Crippen molar-refractivity contribution in [2.45, 2.75) is 46.0 Å². The van der Waals surface area contributed by atoms with E-state index in [1.54, 1.807) is 6.20 Å². The number of Topliss-reactive ketones (excluding diaryl/α,β-unsaturated/α-hetero) is 1.